The summed E-state index contributed by atoms with van der Waals surface area (Å²) in [5.74, 6) is -1.14. The van der Waals surface area contributed by atoms with Gasteiger partial charge in [0.15, 0.2) is 23.5 Å². The van der Waals surface area contributed by atoms with Gasteiger partial charge in [0.1, 0.15) is 6.33 Å². The number of benzene rings is 2. The Bertz CT molecular complexity index is 1520. The van der Waals surface area contributed by atoms with Crippen LogP contribution in [-0.2, 0) is 0 Å². The maximum absolute atomic E-state index is 13.4. The molecule has 2 aromatic heterocycles. The lowest BCUT2D eigenvalue weighted by Crippen LogP contribution is -2.45. The van der Waals surface area contributed by atoms with Gasteiger partial charge in [-0.05, 0) is 24.3 Å². The molecule has 198 valence electrons. The highest BCUT2D eigenvalue weighted by Gasteiger charge is 2.39. The summed E-state index contributed by atoms with van der Waals surface area (Å²) in [5.41, 5.74) is -0.415. The molecule has 2 N–H and O–H groups in total. The molecule has 2 aromatic carbocycles. The van der Waals surface area contributed by atoms with Crippen molar-refractivity contribution in [2.75, 3.05) is 0 Å². The summed E-state index contributed by atoms with van der Waals surface area (Å²) in [4.78, 5) is 47.3. The molecule has 9 nitrogen and oxygen atoms in total. The van der Waals surface area contributed by atoms with E-state index in [1.807, 2.05) is 0 Å². The molecular weight excluding hydrogens is 621 g/mol. The number of fused-ring (bicyclic) bond motifs is 1. The minimum absolute atomic E-state index is 0.0339. The van der Waals surface area contributed by atoms with Crippen molar-refractivity contribution in [1.29, 1.82) is 0 Å². The molecule has 0 unspecified atom stereocenters. The van der Waals surface area contributed by atoms with Crippen molar-refractivity contribution in [3.8, 4) is 0 Å². The fourth-order valence-corrected chi connectivity index (χ4v) is 4.47. The van der Waals surface area contributed by atoms with E-state index in [1.54, 1.807) is 60.7 Å². The highest BCUT2D eigenvalue weighted by Crippen LogP contribution is 2.39. The second kappa shape index (κ2) is 11.3. The molecule has 15 heteroatoms. The lowest BCUT2D eigenvalue weighted by molar-refractivity contribution is 0.0912. The van der Waals surface area contributed by atoms with Crippen molar-refractivity contribution in [3.05, 3.63) is 94.8 Å². The normalized spacial score (nSPS) is 13.6. The van der Waals surface area contributed by atoms with Gasteiger partial charge in [-0.25, -0.2) is 9.97 Å². The van der Waals surface area contributed by atoms with Crippen LogP contribution in [0, 0.1) is 0 Å². The highest BCUT2D eigenvalue weighted by molar-refractivity contribution is 6.68. The Balaban J connectivity index is 1.73. The van der Waals surface area contributed by atoms with Gasteiger partial charge in [-0.1, -0.05) is 106 Å². The molecule has 38 heavy (non-hydrogen) atoms. The van der Waals surface area contributed by atoms with E-state index in [0.29, 0.717) is 5.56 Å². The van der Waals surface area contributed by atoms with Gasteiger partial charge in [-0.3, -0.25) is 23.5 Å². The molecule has 0 fully saturated rings. The number of nitrogens with one attached hydrogen (secondary N) is 2. The first-order valence-corrected chi connectivity index (χ1v) is 12.9. The zero-order valence-electron chi connectivity index (χ0n) is 18.9. The Kier molecular flexibility index (Phi) is 8.46. The number of rotatable bonds is 6. The van der Waals surface area contributed by atoms with Crippen molar-refractivity contribution >= 4 is 92.6 Å². The summed E-state index contributed by atoms with van der Waals surface area (Å²) < 4.78 is -2.09. The fourth-order valence-electron chi connectivity index (χ4n) is 3.51. The molecule has 0 aliphatic heterocycles. The molecule has 0 bridgehead atoms. The average molecular weight is 637 g/mol. The van der Waals surface area contributed by atoms with Crippen LogP contribution in [0.5, 0.6) is 0 Å². The van der Waals surface area contributed by atoms with Crippen LogP contribution >= 0.6 is 69.6 Å². The lowest BCUT2D eigenvalue weighted by Gasteiger charge is -2.28. The molecule has 0 saturated carbocycles. The van der Waals surface area contributed by atoms with E-state index >= 15 is 0 Å². The Morgan fingerprint density at radius 3 is 1.55 bits per heavy atom. The SMILES string of the molecule is O=C(N[C@H](n1cnc2c(=O)n([C@H](NC(=O)c3ccccc3)C(Cl)(Cl)Cl)cnc21)C(Cl)(Cl)Cl)c1ccccc1. The second-order valence-corrected chi connectivity index (χ2v) is 12.6. The van der Waals surface area contributed by atoms with Gasteiger partial charge >= 0.3 is 0 Å². The van der Waals surface area contributed by atoms with Gasteiger partial charge in [0.25, 0.3) is 17.4 Å². The number of hydrogen-bond acceptors (Lipinski definition) is 5. The maximum Gasteiger partial charge on any atom is 0.283 e. The Morgan fingerprint density at radius 1 is 0.684 bits per heavy atom. The van der Waals surface area contributed by atoms with E-state index < -0.39 is 37.3 Å². The number of aromatic nitrogens is 4. The largest absolute Gasteiger partial charge is 0.328 e. The first kappa shape index (κ1) is 28.5. The van der Waals surface area contributed by atoms with Crippen molar-refractivity contribution in [2.45, 2.75) is 19.9 Å². The molecule has 0 saturated heterocycles. The van der Waals surface area contributed by atoms with E-state index in [9.17, 15) is 14.4 Å². The molecule has 0 spiro atoms. The molecule has 4 aromatic rings. The van der Waals surface area contributed by atoms with Crippen LogP contribution in [0.2, 0.25) is 0 Å². The van der Waals surface area contributed by atoms with Crippen LogP contribution in [0.1, 0.15) is 33.0 Å². The molecule has 2 heterocycles. The van der Waals surface area contributed by atoms with Crippen molar-refractivity contribution in [2.24, 2.45) is 0 Å². The third-order valence-electron chi connectivity index (χ3n) is 5.29. The standard InChI is InChI=1S/C23H16Cl6N6O3/c24-22(25,26)20(32-17(36)13-7-3-1-4-8-13)34-11-30-15-16(34)31-12-35(19(15)38)21(23(27,28)29)33-18(37)14-9-5-2-6-10-14/h1-12,20-21H,(H,32,36)(H,33,37)/t20-,21+/m1/s1. The first-order valence-electron chi connectivity index (χ1n) is 10.7. The van der Waals surface area contributed by atoms with Crippen LogP contribution in [0.15, 0.2) is 78.1 Å². The molecule has 2 amide bonds. The summed E-state index contributed by atoms with van der Waals surface area (Å²) in [6.45, 7) is 0. The summed E-state index contributed by atoms with van der Waals surface area (Å²) in [5, 5.41) is 5.14. The van der Waals surface area contributed by atoms with Gasteiger partial charge in [-0.15, -0.1) is 0 Å². The topological polar surface area (TPSA) is 111 Å². The van der Waals surface area contributed by atoms with Gasteiger partial charge in [0, 0.05) is 11.1 Å². The zero-order valence-corrected chi connectivity index (χ0v) is 23.4. The van der Waals surface area contributed by atoms with Crippen molar-refractivity contribution in [1.82, 2.24) is 29.7 Å². The van der Waals surface area contributed by atoms with Crippen molar-refractivity contribution in [3.63, 3.8) is 0 Å². The third kappa shape index (κ3) is 6.20. The Labute approximate surface area is 245 Å². The summed E-state index contributed by atoms with van der Waals surface area (Å²) in [6, 6.07) is 16.4. The van der Waals surface area contributed by atoms with E-state index in [2.05, 4.69) is 20.6 Å². The molecule has 4 rings (SSSR count). The lowest BCUT2D eigenvalue weighted by atomic mass is 10.2. The van der Waals surface area contributed by atoms with E-state index in [-0.39, 0.29) is 16.7 Å². The minimum Gasteiger partial charge on any atom is -0.328 e. The monoisotopic (exact) mass is 634 g/mol. The predicted octanol–water partition coefficient (Wildman–Crippen LogP) is 5.19. The summed E-state index contributed by atoms with van der Waals surface area (Å²) in [7, 11) is 0. The predicted molar refractivity (Wildman–Crippen MR) is 148 cm³/mol. The number of carbonyl (C=O) groups is 2. The van der Waals surface area contributed by atoms with Crippen LogP contribution in [0.4, 0.5) is 0 Å². The van der Waals surface area contributed by atoms with Gasteiger partial charge in [0.2, 0.25) is 7.59 Å². The summed E-state index contributed by atoms with van der Waals surface area (Å²) >= 11 is 36.9. The Morgan fingerprint density at radius 2 is 1.11 bits per heavy atom. The van der Waals surface area contributed by atoms with E-state index in [1.165, 1.54) is 10.9 Å². The van der Waals surface area contributed by atoms with Crippen LogP contribution in [0.3, 0.4) is 0 Å². The number of nitrogens with zero attached hydrogens (tertiary/aromatic N) is 4. The number of imidazole rings is 1. The minimum atomic E-state index is -2.16. The van der Waals surface area contributed by atoms with Crippen LogP contribution in [0.25, 0.3) is 11.2 Å². The fraction of sp³-hybridized carbons (Fsp3) is 0.174. The van der Waals surface area contributed by atoms with Gasteiger partial charge in [0.05, 0.1) is 6.33 Å². The number of halogens is 6. The molecule has 2 atom stereocenters. The van der Waals surface area contributed by atoms with Gasteiger partial charge in [-0.2, -0.15) is 0 Å². The van der Waals surface area contributed by atoms with Crippen LogP contribution in [-0.4, -0.2) is 38.5 Å². The highest BCUT2D eigenvalue weighted by atomic mass is 35.6. The number of hydrogen-bond donors (Lipinski definition) is 2. The molecule has 0 radical (unpaired) electrons. The first-order chi connectivity index (χ1) is 17.9. The number of amides is 2. The van der Waals surface area contributed by atoms with Crippen LogP contribution < -0.4 is 16.2 Å². The van der Waals surface area contributed by atoms with Crippen molar-refractivity contribution < 1.29 is 9.59 Å². The third-order valence-corrected chi connectivity index (χ3v) is 6.53. The summed E-state index contributed by atoms with van der Waals surface area (Å²) in [6.07, 6.45) is -0.547. The second-order valence-electron chi connectivity index (χ2n) is 7.85. The van der Waals surface area contributed by atoms with Gasteiger partial charge < -0.3 is 10.6 Å². The van der Waals surface area contributed by atoms with E-state index in [0.717, 1.165) is 10.9 Å². The number of alkyl halides is 6. The maximum atomic E-state index is 13.4. The molecule has 0 aliphatic carbocycles. The Hall–Kier alpha value is -2.53. The average Bonchev–Trinajstić information content (AvgIpc) is 3.30. The molecular formula is C23H16Cl6N6O3. The quantitative estimate of drug-likeness (QED) is 0.283. The van der Waals surface area contributed by atoms with E-state index in [4.69, 9.17) is 69.6 Å². The smallest absolute Gasteiger partial charge is 0.283 e. The zero-order chi connectivity index (χ0) is 27.7. The molecule has 0 aliphatic rings. The number of carbonyl (C=O) groups excluding carboxylic acids is 2.